The number of nitrogens with zero attached hydrogens (tertiary/aromatic N) is 1. The predicted molar refractivity (Wildman–Crippen MR) is 90.3 cm³/mol. The van der Waals surface area contributed by atoms with E-state index in [4.69, 9.17) is 0 Å². The summed E-state index contributed by atoms with van der Waals surface area (Å²) in [5.74, 6) is -0.0429. The number of carbonyl (C=O) groups excluding carboxylic acids is 3. The highest BCUT2D eigenvalue weighted by atomic mass is 16.2. The summed E-state index contributed by atoms with van der Waals surface area (Å²) in [7, 11) is 0. The standard InChI is InChI=1S/C18H29N3O3/c22-15(19-14-8-3-1-2-4-9-14)10-7-13-21-16(23)18(20-17(21)24)11-5-6-12-18/h14H,1-13H2,(H,19,22)(H,20,24). The minimum atomic E-state index is -0.639. The Morgan fingerprint density at radius 1 is 1.08 bits per heavy atom. The fourth-order valence-corrected chi connectivity index (χ4v) is 4.32. The fraction of sp³-hybridized carbons (Fsp3) is 0.833. The van der Waals surface area contributed by atoms with E-state index in [9.17, 15) is 14.4 Å². The van der Waals surface area contributed by atoms with Crippen molar-refractivity contribution < 1.29 is 14.4 Å². The summed E-state index contributed by atoms with van der Waals surface area (Å²) in [6.45, 7) is 0.338. The Bertz CT molecular complexity index is 492. The summed E-state index contributed by atoms with van der Waals surface area (Å²) in [5.41, 5.74) is -0.639. The van der Waals surface area contributed by atoms with Crippen molar-refractivity contribution in [1.29, 1.82) is 0 Å². The lowest BCUT2D eigenvalue weighted by atomic mass is 9.98. The van der Waals surface area contributed by atoms with Crippen LogP contribution >= 0.6 is 0 Å². The first-order chi connectivity index (χ1) is 11.6. The number of hydrogen-bond acceptors (Lipinski definition) is 3. The van der Waals surface area contributed by atoms with E-state index >= 15 is 0 Å². The van der Waals surface area contributed by atoms with Gasteiger partial charge in [0.05, 0.1) is 0 Å². The molecule has 3 rings (SSSR count). The summed E-state index contributed by atoms with van der Waals surface area (Å²) in [5, 5.41) is 5.99. The molecule has 2 saturated carbocycles. The zero-order chi connectivity index (χ0) is 17.0. The van der Waals surface area contributed by atoms with Crippen LogP contribution in [0.2, 0.25) is 0 Å². The van der Waals surface area contributed by atoms with E-state index in [-0.39, 0.29) is 17.8 Å². The van der Waals surface area contributed by atoms with Crippen LogP contribution in [-0.2, 0) is 9.59 Å². The molecule has 0 bridgehead atoms. The molecule has 134 valence electrons. The van der Waals surface area contributed by atoms with Gasteiger partial charge in [0.2, 0.25) is 5.91 Å². The third-order valence-electron chi connectivity index (χ3n) is 5.71. The molecular weight excluding hydrogens is 306 g/mol. The van der Waals surface area contributed by atoms with Crippen molar-refractivity contribution in [3.63, 3.8) is 0 Å². The highest BCUT2D eigenvalue weighted by molar-refractivity contribution is 6.07. The summed E-state index contributed by atoms with van der Waals surface area (Å²) in [4.78, 5) is 38.0. The molecule has 0 atom stereocenters. The number of rotatable bonds is 5. The third kappa shape index (κ3) is 3.73. The minimum absolute atomic E-state index is 0.0459. The van der Waals surface area contributed by atoms with Gasteiger partial charge in [-0.1, -0.05) is 38.5 Å². The lowest BCUT2D eigenvalue weighted by molar-refractivity contribution is -0.131. The highest BCUT2D eigenvalue weighted by Gasteiger charge is 2.51. The molecule has 0 aromatic rings. The Hall–Kier alpha value is -1.59. The molecule has 1 saturated heterocycles. The predicted octanol–water partition coefficient (Wildman–Crippen LogP) is 2.47. The van der Waals surface area contributed by atoms with E-state index in [0.717, 1.165) is 38.5 Å². The van der Waals surface area contributed by atoms with Crippen LogP contribution < -0.4 is 10.6 Å². The van der Waals surface area contributed by atoms with Crippen molar-refractivity contribution in [2.75, 3.05) is 6.54 Å². The zero-order valence-corrected chi connectivity index (χ0v) is 14.4. The molecule has 1 heterocycles. The average Bonchev–Trinajstić information content (AvgIpc) is 2.99. The molecule has 6 nitrogen and oxygen atoms in total. The molecule has 2 aliphatic carbocycles. The number of hydrogen-bond donors (Lipinski definition) is 2. The van der Waals surface area contributed by atoms with Gasteiger partial charge in [-0.05, 0) is 32.1 Å². The van der Waals surface area contributed by atoms with Crippen LogP contribution in [0.3, 0.4) is 0 Å². The number of carbonyl (C=O) groups is 3. The van der Waals surface area contributed by atoms with E-state index in [1.807, 2.05) is 0 Å². The number of imide groups is 1. The van der Waals surface area contributed by atoms with Crippen molar-refractivity contribution in [3.8, 4) is 0 Å². The Kier molecular flexibility index (Phi) is 5.41. The van der Waals surface area contributed by atoms with Gasteiger partial charge in [-0.2, -0.15) is 0 Å². The van der Waals surface area contributed by atoms with Crippen LogP contribution in [-0.4, -0.2) is 40.9 Å². The molecule has 0 radical (unpaired) electrons. The van der Waals surface area contributed by atoms with Gasteiger partial charge >= 0.3 is 6.03 Å². The molecule has 2 N–H and O–H groups in total. The van der Waals surface area contributed by atoms with Crippen LogP contribution in [0.25, 0.3) is 0 Å². The van der Waals surface area contributed by atoms with Crippen molar-refractivity contribution in [3.05, 3.63) is 0 Å². The molecule has 6 heteroatoms. The van der Waals surface area contributed by atoms with Gasteiger partial charge in [-0.25, -0.2) is 4.79 Å². The Morgan fingerprint density at radius 2 is 1.75 bits per heavy atom. The second kappa shape index (κ2) is 7.53. The largest absolute Gasteiger partial charge is 0.353 e. The molecule has 1 aliphatic heterocycles. The van der Waals surface area contributed by atoms with Crippen LogP contribution in [0.5, 0.6) is 0 Å². The van der Waals surface area contributed by atoms with E-state index < -0.39 is 5.54 Å². The number of amides is 4. The topological polar surface area (TPSA) is 78.5 Å². The monoisotopic (exact) mass is 335 g/mol. The van der Waals surface area contributed by atoms with Crippen LogP contribution in [0.15, 0.2) is 0 Å². The van der Waals surface area contributed by atoms with Gasteiger partial charge in [0.25, 0.3) is 5.91 Å². The van der Waals surface area contributed by atoms with E-state index in [2.05, 4.69) is 10.6 Å². The second-order valence-corrected chi connectivity index (χ2v) is 7.54. The Labute approximate surface area is 143 Å². The molecule has 1 spiro atoms. The van der Waals surface area contributed by atoms with Crippen molar-refractivity contribution in [2.45, 2.75) is 88.6 Å². The maximum atomic E-state index is 12.5. The normalized spacial score (nSPS) is 24.2. The van der Waals surface area contributed by atoms with E-state index in [1.54, 1.807) is 0 Å². The molecule has 3 fully saturated rings. The van der Waals surface area contributed by atoms with Crippen LogP contribution in [0, 0.1) is 0 Å². The maximum absolute atomic E-state index is 12.5. The molecule has 4 amide bonds. The van der Waals surface area contributed by atoms with Gasteiger partial charge in [0.15, 0.2) is 0 Å². The average molecular weight is 335 g/mol. The molecule has 0 aromatic carbocycles. The van der Waals surface area contributed by atoms with Gasteiger partial charge < -0.3 is 10.6 Å². The van der Waals surface area contributed by atoms with Crippen molar-refractivity contribution in [2.24, 2.45) is 0 Å². The first kappa shape index (κ1) is 17.2. The first-order valence-electron chi connectivity index (χ1n) is 9.54. The molecule has 0 unspecified atom stereocenters. The summed E-state index contributed by atoms with van der Waals surface area (Å²) in [6.07, 6.45) is 11.4. The number of urea groups is 1. The Morgan fingerprint density at radius 3 is 2.42 bits per heavy atom. The summed E-state index contributed by atoms with van der Waals surface area (Å²) < 4.78 is 0. The molecule has 3 aliphatic rings. The summed E-state index contributed by atoms with van der Waals surface area (Å²) >= 11 is 0. The third-order valence-corrected chi connectivity index (χ3v) is 5.71. The SMILES string of the molecule is O=C(CCCN1C(=O)NC2(CCCC2)C1=O)NC1CCCCCC1. The quantitative estimate of drug-likeness (QED) is 0.598. The molecular formula is C18H29N3O3. The fourth-order valence-electron chi connectivity index (χ4n) is 4.32. The van der Waals surface area contributed by atoms with Crippen LogP contribution in [0.1, 0.15) is 77.0 Å². The van der Waals surface area contributed by atoms with Gasteiger partial charge in [0.1, 0.15) is 5.54 Å². The van der Waals surface area contributed by atoms with E-state index in [0.29, 0.717) is 25.4 Å². The van der Waals surface area contributed by atoms with E-state index in [1.165, 1.54) is 30.6 Å². The second-order valence-electron chi connectivity index (χ2n) is 7.54. The van der Waals surface area contributed by atoms with Gasteiger partial charge in [-0.15, -0.1) is 0 Å². The minimum Gasteiger partial charge on any atom is -0.353 e. The summed E-state index contributed by atoms with van der Waals surface area (Å²) in [6, 6.07) is 0.0181. The van der Waals surface area contributed by atoms with Crippen molar-refractivity contribution >= 4 is 17.8 Å². The Balaban J connectivity index is 1.42. The lowest BCUT2D eigenvalue weighted by Crippen LogP contribution is -2.44. The lowest BCUT2D eigenvalue weighted by Gasteiger charge is -2.20. The smallest absolute Gasteiger partial charge is 0.325 e. The molecule has 24 heavy (non-hydrogen) atoms. The molecule has 0 aromatic heterocycles. The maximum Gasteiger partial charge on any atom is 0.325 e. The highest BCUT2D eigenvalue weighted by Crippen LogP contribution is 2.35. The first-order valence-corrected chi connectivity index (χ1v) is 9.54. The zero-order valence-electron chi connectivity index (χ0n) is 14.4. The van der Waals surface area contributed by atoms with Gasteiger partial charge in [-0.3, -0.25) is 14.5 Å². The number of nitrogens with one attached hydrogen (secondary N) is 2. The van der Waals surface area contributed by atoms with Gasteiger partial charge in [0, 0.05) is 19.0 Å². The van der Waals surface area contributed by atoms with Crippen LogP contribution in [0.4, 0.5) is 4.79 Å². The van der Waals surface area contributed by atoms with Crippen molar-refractivity contribution in [1.82, 2.24) is 15.5 Å².